The summed E-state index contributed by atoms with van der Waals surface area (Å²) in [6.45, 7) is 2.34. The third kappa shape index (κ3) is 2.90. The summed E-state index contributed by atoms with van der Waals surface area (Å²) in [7, 11) is 0. The molecule has 0 aliphatic carbocycles. The van der Waals surface area contributed by atoms with Crippen molar-refractivity contribution in [3.63, 3.8) is 0 Å². The third-order valence-electron chi connectivity index (χ3n) is 1.53. The Morgan fingerprint density at radius 2 is 2.40 bits per heavy atom. The molecule has 0 aromatic rings. The molecule has 1 atom stereocenters. The molecular weight excluding hydrogens is 148 g/mol. The van der Waals surface area contributed by atoms with E-state index in [1.165, 1.54) is 5.75 Å². The molecule has 1 heterocycles. The summed E-state index contributed by atoms with van der Waals surface area (Å²) < 4.78 is 10.7. The number of hydrogen-bond donors (Lipinski definition) is 0. The van der Waals surface area contributed by atoms with Crippen LogP contribution in [0.4, 0.5) is 0 Å². The Morgan fingerprint density at radius 1 is 1.50 bits per heavy atom. The fourth-order valence-electron chi connectivity index (χ4n) is 0.953. The molecule has 0 aromatic carbocycles. The summed E-state index contributed by atoms with van der Waals surface area (Å²) in [6, 6.07) is 0. The van der Waals surface area contributed by atoms with Crippen LogP contribution in [0, 0.1) is 0 Å². The Hall–Kier alpha value is 0.270. The summed E-state index contributed by atoms with van der Waals surface area (Å²) in [5.41, 5.74) is 0. The second kappa shape index (κ2) is 4.99. The first-order valence-corrected chi connectivity index (χ1v) is 5.01. The maximum absolute atomic E-state index is 5.44. The van der Waals surface area contributed by atoms with E-state index >= 15 is 0 Å². The highest BCUT2D eigenvalue weighted by molar-refractivity contribution is 7.98. The van der Waals surface area contributed by atoms with Gasteiger partial charge in [0.25, 0.3) is 0 Å². The minimum atomic E-state index is 0.362. The lowest BCUT2D eigenvalue weighted by atomic mass is 10.3. The van der Waals surface area contributed by atoms with E-state index in [1.54, 1.807) is 0 Å². The number of hydrogen-bond acceptors (Lipinski definition) is 3. The van der Waals surface area contributed by atoms with Gasteiger partial charge in [-0.05, 0) is 18.4 Å². The van der Waals surface area contributed by atoms with Crippen LogP contribution in [0.25, 0.3) is 0 Å². The summed E-state index contributed by atoms with van der Waals surface area (Å²) in [6.07, 6.45) is 3.60. The van der Waals surface area contributed by atoms with Crippen molar-refractivity contribution in [2.45, 2.75) is 12.5 Å². The summed E-state index contributed by atoms with van der Waals surface area (Å²) in [5, 5.41) is 0. The maximum Gasteiger partial charge on any atom is 0.0817 e. The van der Waals surface area contributed by atoms with Crippen molar-refractivity contribution >= 4 is 11.8 Å². The SMILES string of the molecule is CSCCC1COCCO1. The minimum Gasteiger partial charge on any atom is -0.376 e. The van der Waals surface area contributed by atoms with Crippen LogP contribution in [-0.2, 0) is 9.47 Å². The van der Waals surface area contributed by atoms with Crippen LogP contribution in [0.1, 0.15) is 6.42 Å². The van der Waals surface area contributed by atoms with Gasteiger partial charge >= 0.3 is 0 Å². The van der Waals surface area contributed by atoms with E-state index < -0.39 is 0 Å². The molecule has 0 bridgehead atoms. The lowest BCUT2D eigenvalue weighted by Crippen LogP contribution is -2.28. The average molecular weight is 162 g/mol. The van der Waals surface area contributed by atoms with Gasteiger partial charge in [0.05, 0.1) is 25.9 Å². The first-order chi connectivity index (χ1) is 4.93. The molecule has 0 spiro atoms. The van der Waals surface area contributed by atoms with Gasteiger partial charge in [0.15, 0.2) is 0 Å². The molecule has 60 valence electrons. The Balaban J connectivity index is 2.02. The van der Waals surface area contributed by atoms with Crippen LogP contribution in [0.15, 0.2) is 0 Å². The predicted molar refractivity (Wildman–Crippen MR) is 43.6 cm³/mol. The van der Waals surface area contributed by atoms with Crippen molar-refractivity contribution in [3.05, 3.63) is 0 Å². The van der Waals surface area contributed by atoms with E-state index in [0.29, 0.717) is 6.10 Å². The van der Waals surface area contributed by atoms with Gasteiger partial charge in [-0.1, -0.05) is 0 Å². The van der Waals surface area contributed by atoms with Crippen molar-refractivity contribution in [1.29, 1.82) is 0 Å². The lowest BCUT2D eigenvalue weighted by Gasteiger charge is -2.22. The molecule has 1 aliphatic rings. The second-order valence-electron chi connectivity index (χ2n) is 2.35. The molecule has 1 rings (SSSR count). The van der Waals surface area contributed by atoms with E-state index in [0.717, 1.165) is 26.2 Å². The first-order valence-electron chi connectivity index (χ1n) is 3.62. The third-order valence-corrected chi connectivity index (χ3v) is 2.17. The molecule has 0 radical (unpaired) electrons. The van der Waals surface area contributed by atoms with E-state index in [4.69, 9.17) is 9.47 Å². The molecule has 1 saturated heterocycles. The fourth-order valence-corrected chi connectivity index (χ4v) is 1.45. The van der Waals surface area contributed by atoms with Gasteiger partial charge in [-0.25, -0.2) is 0 Å². The highest BCUT2D eigenvalue weighted by atomic mass is 32.2. The Bertz CT molecular complexity index is 81.7. The van der Waals surface area contributed by atoms with Crippen molar-refractivity contribution in [2.24, 2.45) is 0 Å². The Labute approximate surface area is 66.3 Å². The average Bonchev–Trinajstić information content (AvgIpc) is 2.03. The first kappa shape index (κ1) is 8.37. The van der Waals surface area contributed by atoms with Crippen LogP contribution in [0.3, 0.4) is 0 Å². The minimum absolute atomic E-state index is 0.362. The zero-order valence-corrected chi connectivity index (χ0v) is 7.15. The summed E-state index contributed by atoms with van der Waals surface area (Å²) in [4.78, 5) is 0. The van der Waals surface area contributed by atoms with E-state index in [-0.39, 0.29) is 0 Å². The lowest BCUT2D eigenvalue weighted by molar-refractivity contribution is -0.0883. The maximum atomic E-state index is 5.44. The molecule has 10 heavy (non-hydrogen) atoms. The van der Waals surface area contributed by atoms with Gasteiger partial charge in [0.2, 0.25) is 0 Å². The van der Waals surface area contributed by atoms with Gasteiger partial charge in [-0.3, -0.25) is 0 Å². The molecule has 2 nitrogen and oxygen atoms in total. The van der Waals surface area contributed by atoms with Crippen LogP contribution in [-0.4, -0.2) is 37.9 Å². The van der Waals surface area contributed by atoms with Crippen molar-refractivity contribution in [3.8, 4) is 0 Å². The smallest absolute Gasteiger partial charge is 0.0817 e. The zero-order valence-electron chi connectivity index (χ0n) is 6.34. The Morgan fingerprint density at radius 3 is 3.00 bits per heavy atom. The highest BCUT2D eigenvalue weighted by Gasteiger charge is 2.12. The van der Waals surface area contributed by atoms with Crippen LogP contribution >= 0.6 is 11.8 Å². The van der Waals surface area contributed by atoms with E-state index in [9.17, 15) is 0 Å². The molecular formula is C7H14O2S. The van der Waals surface area contributed by atoms with Crippen molar-refractivity contribution in [1.82, 2.24) is 0 Å². The second-order valence-corrected chi connectivity index (χ2v) is 3.33. The largest absolute Gasteiger partial charge is 0.376 e. The molecule has 1 aliphatic heterocycles. The molecule has 0 aromatic heterocycles. The summed E-state index contributed by atoms with van der Waals surface area (Å²) >= 11 is 1.86. The molecule has 0 N–H and O–H groups in total. The molecule has 1 unspecified atom stereocenters. The van der Waals surface area contributed by atoms with Gasteiger partial charge in [-0.15, -0.1) is 0 Å². The van der Waals surface area contributed by atoms with Crippen molar-refractivity contribution < 1.29 is 9.47 Å². The van der Waals surface area contributed by atoms with E-state index in [1.807, 2.05) is 11.8 Å². The molecule has 0 amide bonds. The summed E-state index contributed by atoms with van der Waals surface area (Å²) in [5.74, 6) is 1.17. The topological polar surface area (TPSA) is 18.5 Å². The van der Waals surface area contributed by atoms with Crippen LogP contribution in [0.2, 0.25) is 0 Å². The Kier molecular flexibility index (Phi) is 4.18. The molecule has 0 saturated carbocycles. The van der Waals surface area contributed by atoms with Gasteiger partial charge in [0, 0.05) is 0 Å². The highest BCUT2D eigenvalue weighted by Crippen LogP contribution is 2.07. The normalized spacial score (nSPS) is 26.7. The predicted octanol–water partition coefficient (Wildman–Crippen LogP) is 1.15. The van der Waals surface area contributed by atoms with Crippen molar-refractivity contribution in [2.75, 3.05) is 31.8 Å². The number of ether oxygens (including phenoxy) is 2. The monoisotopic (exact) mass is 162 g/mol. The molecule has 3 heteroatoms. The number of thioether (sulfide) groups is 1. The zero-order chi connectivity index (χ0) is 7.23. The standard InChI is InChI=1S/C7H14O2S/c1-10-5-2-7-6-8-3-4-9-7/h7H,2-6H2,1H3. The van der Waals surface area contributed by atoms with Crippen LogP contribution < -0.4 is 0 Å². The van der Waals surface area contributed by atoms with Gasteiger partial charge in [-0.2, -0.15) is 11.8 Å². The number of rotatable bonds is 3. The van der Waals surface area contributed by atoms with E-state index in [2.05, 4.69) is 6.26 Å². The van der Waals surface area contributed by atoms with Gasteiger partial charge < -0.3 is 9.47 Å². The van der Waals surface area contributed by atoms with Gasteiger partial charge in [0.1, 0.15) is 0 Å². The van der Waals surface area contributed by atoms with Crippen LogP contribution in [0.5, 0.6) is 0 Å². The molecule has 1 fully saturated rings. The quantitative estimate of drug-likeness (QED) is 0.620. The fraction of sp³-hybridized carbons (Fsp3) is 1.00.